The lowest BCUT2D eigenvalue weighted by Gasteiger charge is -2.20. The smallest absolute Gasteiger partial charge is 0.255 e. The molecule has 0 spiro atoms. The van der Waals surface area contributed by atoms with Crippen molar-refractivity contribution in [1.82, 2.24) is 4.90 Å². The van der Waals surface area contributed by atoms with Gasteiger partial charge in [-0.1, -0.05) is 17.7 Å². The third kappa shape index (κ3) is 4.17. The Morgan fingerprint density at radius 1 is 1.07 bits per heavy atom. The summed E-state index contributed by atoms with van der Waals surface area (Å²) in [6, 6.07) is 10.0. The normalized spacial score (nSPS) is 12.4. The lowest BCUT2D eigenvalue weighted by Crippen LogP contribution is -2.30. The van der Waals surface area contributed by atoms with Gasteiger partial charge in [-0.15, -0.1) is 0 Å². The van der Waals surface area contributed by atoms with Gasteiger partial charge in [-0.3, -0.25) is 9.59 Å². The molecule has 27 heavy (non-hydrogen) atoms. The number of carbonyl (C=O) groups excluding carboxylic acids is 2. The third-order valence-corrected chi connectivity index (χ3v) is 4.56. The van der Waals surface area contributed by atoms with E-state index < -0.39 is 0 Å². The largest absolute Gasteiger partial charge is 0.486 e. The summed E-state index contributed by atoms with van der Waals surface area (Å²) in [6.07, 6.45) is 0. The zero-order valence-electron chi connectivity index (χ0n) is 15.3. The molecular formula is C20H21ClN2O4. The van der Waals surface area contributed by atoms with E-state index in [0.29, 0.717) is 59.6 Å². The second kappa shape index (κ2) is 8.31. The van der Waals surface area contributed by atoms with E-state index in [-0.39, 0.29) is 11.8 Å². The zero-order valence-corrected chi connectivity index (χ0v) is 16.0. The summed E-state index contributed by atoms with van der Waals surface area (Å²) >= 11 is 6.19. The molecule has 0 fully saturated rings. The number of nitrogens with zero attached hydrogens (tertiary/aromatic N) is 1. The molecule has 0 aromatic heterocycles. The molecular weight excluding hydrogens is 368 g/mol. The summed E-state index contributed by atoms with van der Waals surface area (Å²) in [5.74, 6) is 0.482. The van der Waals surface area contributed by atoms with Crippen LogP contribution in [0.4, 0.5) is 5.69 Å². The molecule has 1 aliphatic heterocycles. The molecule has 0 radical (unpaired) electrons. The van der Waals surface area contributed by atoms with Crippen LogP contribution in [0.2, 0.25) is 5.02 Å². The van der Waals surface area contributed by atoms with Crippen LogP contribution in [0, 0.1) is 0 Å². The number of rotatable bonds is 5. The first-order valence-corrected chi connectivity index (χ1v) is 9.21. The molecule has 0 saturated heterocycles. The van der Waals surface area contributed by atoms with Crippen molar-refractivity contribution >= 4 is 29.1 Å². The molecule has 1 heterocycles. The van der Waals surface area contributed by atoms with Crippen LogP contribution in [0.15, 0.2) is 36.4 Å². The Balaban J connectivity index is 1.80. The Bertz CT molecular complexity index is 865. The van der Waals surface area contributed by atoms with E-state index in [1.807, 2.05) is 13.8 Å². The minimum absolute atomic E-state index is 0.0709. The molecule has 142 valence electrons. The lowest BCUT2D eigenvalue weighted by molar-refractivity contribution is 0.0772. The fourth-order valence-electron chi connectivity index (χ4n) is 2.87. The van der Waals surface area contributed by atoms with Gasteiger partial charge in [0.1, 0.15) is 13.2 Å². The fourth-order valence-corrected chi connectivity index (χ4v) is 3.13. The Labute approximate surface area is 163 Å². The Hall–Kier alpha value is -2.73. The maximum atomic E-state index is 12.6. The molecule has 2 aromatic carbocycles. The first kappa shape index (κ1) is 19.0. The van der Waals surface area contributed by atoms with Gasteiger partial charge in [0.05, 0.1) is 5.02 Å². The van der Waals surface area contributed by atoms with Gasteiger partial charge in [0.25, 0.3) is 11.8 Å². The molecule has 0 saturated carbocycles. The number of carbonyl (C=O) groups is 2. The van der Waals surface area contributed by atoms with E-state index >= 15 is 0 Å². The van der Waals surface area contributed by atoms with Gasteiger partial charge >= 0.3 is 0 Å². The fraction of sp³-hybridized carbons (Fsp3) is 0.300. The predicted molar refractivity (Wildman–Crippen MR) is 104 cm³/mol. The van der Waals surface area contributed by atoms with Crippen molar-refractivity contribution in [2.75, 3.05) is 31.6 Å². The van der Waals surface area contributed by atoms with Gasteiger partial charge in [-0.2, -0.15) is 0 Å². The molecule has 7 heteroatoms. The van der Waals surface area contributed by atoms with E-state index in [4.69, 9.17) is 21.1 Å². The topological polar surface area (TPSA) is 67.9 Å². The molecule has 6 nitrogen and oxygen atoms in total. The molecule has 0 atom stereocenters. The summed E-state index contributed by atoms with van der Waals surface area (Å²) < 4.78 is 11.0. The standard InChI is InChI=1S/C20H21ClN2O4/c1-3-23(4-2)20(25)13-6-5-7-15(10-13)22-19(24)14-11-16(21)18-17(12-14)26-8-9-27-18/h5-7,10-12H,3-4,8-9H2,1-2H3,(H,22,24). The summed E-state index contributed by atoms with van der Waals surface area (Å²) in [5.41, 5.74) is 1.41. The van der Waals surface area contributed by atoms with Crippen LogP contribution in [-0.2, 0) is 0 Å². The van der Waals surface area contributed by atoms with Gasteiger partial charge < -0.3 is 19.7 Å². The van der Waals surface area contributed by atoms with Crippen molar-refractivity contribution in [2.45, 2.75) is 13.8 Å². The third-order valence-electron chi connectivity index (χ3n) is 4.28. The maximum absolute atomic E-state index is 12.6. The molecule has 2 aromatic rings. The van der Waals surface area contributed by atoms with Gasteiger partial charge in [0.15, 0.2) is 11.5 Å². The first-order chi connectivity index (χ1) is 13.0. The maximum Gasteiger partial charge on any atom is 0.255 e. The highest BCUT2D eigenvalue weighted by atomic mass is 35.5. The molecule has 1 aliphatic rings. The number of halogens is 1. The number of nitrogens with one attached hydrogen (secondary N) is 1. The molecule has 3 rings (SSSR count). The van der Waals surface area contributed by atoms with Crippen molar-refractivity contribution < 1.29 is 19.1 Å². The highest BCUT2D eigenvalue weighted by molar-refractivity contribution is 6.32. The minimum atomic E-state index is -0.346. The van der Waals surface area contributed by atoms with Gasteiger partial charge in [-0.05, 0) is 44.2 Å². The SMILES string of the molecule is CCN(CC)C(=O)c1cccc(NC(=O)c2cc(Cl)c3c(c2)OCCO3)c1. The van der Waals surface area contributed by atoms with Crippen LogP contribution in [0.25, 0.3) is 0 Å². The van der Waals surface area contributed by atoms with Crippen LogP contribution < -0.4 is 14.8 Å². The van der Waals surface area contributed by atoms with Crippen molar-refractivity contribution in [3.8, 4) is 11.5 Å². The number of amides is 2. The van der Waals surface area contributed by atoms with Gasteiger partial charge in [-0.25, -0.2) is 0 Å². The summed E-state index contributed by atoms with van der Waals surface area (Å²) in [7, 11) is 0. The molecule has 0 aliphatic carbocycles. The molecule has 1 N–H and O–H groups in total. The van der Waals surface area contributed by atoms with Crippen molar-refractivity contribution in [3.05, 3.63) is 52.5 Å². The average molecular weight is 389 g/mol. The Morgan fingerprint density at radius 2 is 1.81 bits per heavy atom. The predicted octanol–water partition coefficient (Wildman–Crippen LogP) is 3.85. The van der Waals surface area contributed by atoms with Gasteiger partial charge in [0.2, 0.25) is 0 Å². The lowest BCUT2D eigenvalue weighted by atomic mass is 10.1. The highest BCUT2D eigenvalue weighted by Crippen LogP contribution is 2.38. The van der Waals surface area contributed by atoms with Crippen LogP contribution in [0.5, 0.6) is 11.5 Å². The Morgan fingerprint density at radius 3 is 2.56 bits per heavy atom. The van der Waals surface area contributed by atoms with E-state index in [9.17, 15) is 9.59 Å². The summed E-state index contributed by atoms with van der Waals surface area (Å²) in [4.78, 5) is 26.8. The number of anilines is 1. The molecule has 2 amide bonds. The molecule has 0 bridgehead atoms. The zero-order chi connectivity index (χ0) is 19.4. The number of fused-ring (bicyclic) bond motifs is 1. The second-order valence-electron chi connectivity index (χ2n) is 5.99. The van der Waals surface area contributed by atoms with E-state index in [1.165, 1.54) is 6.07 Å². The van der Waals surface area contributed by atoms with Crippen LogP contribution in [0.3, 0.4) is 0 Å². The Kier molecular flexibility index (Phi) is 5.86. The van der Waals surface area contributed by atoms with Crippen LogP contribution >= 0.6 is 11.6 Å². The van der Waals surface area contributed by atoms with Gasteiger partial charge in [0, 0.05) is 29.9 Å². The number of hydrogen-bond donors (Lipinski definition) is 1. The highest BCUT2D eigenvalue weighted by Gasteiger charge is 2.20. The summed E-state index contributed by atoms with van der Waals surface area (Å²) in [5, 5.41) is 3.12. The quantitative estimate of drug-likeness (QED) is 0.844. The van der Waals surface area contributed by atoms with Crippen molar-refractivity contribution in [3.63, 3.8) is 0 Å². The van der Waals surface area contributed by atoms with Crippen LogP contribution in [-0.4, -0.2) is 43.0 Å². The number of benzene rings is 2. The van der Waals surface area contributed by atoms with E-state index in [1.54, 1.807) is 35.2 Å². The number of ether oxygens (including phenoxy) is 2. The molecule has 0 unspecified atom stereocenters. The summed E-state index contributed by atoms with van der Waals surface area (Å²) in [6.45, 7) is 5.94. The van der Waals surface area contributed by atoms with Crippen molar-refractivity contribution in [2.24, 2.45) is 0 Å². The van der Waals surface area contributed by atoms with E-state index in [2.05, 4.69) is 5.32 Å². The number of hydrogen-bond acceptors (Lipinski definition) is 4. The van der Waals surface area contributed by atoms with Crippen molar-refractivity contribution in [1.29, 1.82) is 0 Å². The average Bonchev–Trinajstić information content (AvgIpc) is 2.69. The van der Waals surface area contributed by atoms with E-state index in [0.717, 1.165) is 0 Å². The van der Waals surface area contributed by atoms with Crippen LogP contribution in [0.1, 0.15) is 34.6 Å². The monoisotopic (exact) mass is 388 g/mol. The first-order valence-electron chi connectivity index (χ1n) is 8.83. The minimum Gasteiger partial charge on any atom is -0.486 e. The second-order valence-corrected chi connectivity index (χ2v) is 6.40.